The minimum absolute atomic E-state index is 0.0808. The number of hydrogen-bond acceptors (Lipinski definition) is 5. The summed E-state index contributed by atoms with van der Waals surface area (Å²) >= 11 is 0. The number of carbonyl (C=O) groups is 3. The molecule has 2 aromatic carbocycles. The first kappa shape index (κ1) is 23.7. The fourth-order valence-corrected chi connectivity index (χ4v) is 2.59. The Hall–Kier alpha value is -3.55. The van der Waals surface area contributed by atoms with Gasteiger partial charge in [-0.05, 0) is 38.8 Å². The van der Waals surface area contributed by atoms with Crippen LogP contribution in [-0.4, -0.2) is 34.7 Å². The van der Waals surface area contributed by atoms with Gasteiger partial charge in [0.1, 0.15) is 18.2 Å². The fraction of sp³-hybridized carbons (Fsp3) is 0.348. The van der Waals surface area contributed by atoms with E-state index < -0.39 is 29.7 Å². The van der Waals surface area contributed by atoms with Crippen molar-refractivity contribution in [1.82, 2.24) is 15.8 Å². The fourth-order valence-electron chi connectivity index (χ4n) is 2.59. The van der Waals surface area contributed by atoms with Crippen LogP contribution < -0.4 is 10.7 Å². The van der Waals surface area contributed by atoms with E-state index in [0.717, 1.165) is 16.1 Å². The molecule has 1 unspecified atom stereocenters. The van der Waals surface area contributed by atoms with Gasteiger partial charge in [0, 0.05) is 0 Å². The molecule has 0 radical (unpaired) electrons. The van der Waals surface area contributed by atoms with Crippen molar-refractivity contribution in [3.63, 3.8) is 0 Å². The van der Waals surface area contributed by atoms with E-state index in [2.05, 4.69) is 10.7 Å². The maximum absolute atomic E-state index is 12.9. The van der Waals surface area contributed by atoms with Crippen LogP contribution in [0, 0.1) is 0 Å². The van der Waals surface area contributed by atoms with Crippen molar-refractivity contribution in [3.05, 3.63) is 71.8 Å². The summed E-state index contributed by atoms with van der Waals surface area (Å²) in [7, 11) is 0. The Balaban J connectivity index is 2.00. The van der Waals surface area contributed by atoms with Gasteiger partial charge < -0.3 is 14.8 Å². The molecule has 0 fully saturated rings. The summed E-state index contributed by atoms with van der Waals surface area (Å²) in [5.74, 6) is -0.522. The SMILES string of the molecule is CC(NC(=O)OCc1ccccc1)C(=O)N(Cc1ccccc1)NC(=O)OC(C)(C)C. The predicted octanol–water partition coefficient (Wildman–Crippen LogP) is 3.77. The van der Waals surface area contributed by atoms with Gasteiger partial charge >= 0.3 is 12.2 Å². The Labute approximate surface area is 182 Å². The number of amides is 3. The topological polar surface area (TPSA) is 97.0 Å². The van der Waals surface area contributed by atoms with Gasteiger partial charge in [-0.1, -0.05) is 60.7 Å². The van der Waals surface area contributed by atoms with Crippen LogP contribution >= 0.6 is 0 Å². The lowest BCUT2D eigenvalue weighted by atomic mass is 10.2. The lowest BCUT2D eigenvalue weighted by Gasteiger charge is -2.28. The van der Waals surface area contributed by atoms with Crippen molar-refractivity contribution in [1.29, 1.82) is 0 Å². The molecule has 0 bridgehead atoms. The summed E-state index contributed by atoms with van der Waals surface area (Å²) in [6.45, 7) is 6.87. The predicted molar refractivity (Wildman–Crippen MR) is 116 cm³/mol. The van der Waals surface area contributed by atoms with Crippen molar-refractivity contribution in [2.75, 3.05) is 0 Å². The highest BCUT2D eigenvalue weighted by Gasteiger charge is 2.26. The van der Waals surface area contributed by atoms with Gasteiger partial charge in [0.2, 0.25) is 0 Å². The quantitative estimate of drug-likeness (QED) is 0.684. The minimum Gasteiger partial charge on any atom is -0.445 e. The largest absolute Gasteiger partial charge is 0.445 e. The van der Waals surface area contributed by atoms with Crippen LogP contribution in [0.3, 0.4) is 0 Å². The number of hydrazine groups is 1. The van der Waals surface area contributed by atoms with Gasteiger partial charge in [-0.3, -0.25) is 4.79 Å². The van der Waals surface area contributed by atoms with Crippen LogP contribution in [0.25, 0.3) is 0 Å². The molecule has 0 spiro atoms. The van der Waals surface area contributed by atoms with E-state index in [4.69, 9.17) is 9.47 Å². The molecule has 31 heavy (non-hydrogen) atoms. The lowest BCUT2D eigenvalue weighted by molar-refractivity contribution is -0.136. The average molecular weight is 428 g/mol. The van der Waals surface area contributed by atoms with Crippen LogP contribution in [0.4, 0.5) is 9.59 Å². The smallest absolute Gasteiger partial charge is 0.426 e. The van der Waals surface area contributed by atoms with E-state index in [9.17, 15) is 14.4 Å². The first-order valence-corrected chi connectivity index (χ1v) is 9.96. The molecular weight excluding hydrogens is 398 g/mol. The van der Waals surface area contributed by atoms with Crippen LogP contribution in [-0.2, 0) is 27.4 Å². The number of rotatable bonds is 6. The molecule has 0 saturated heterocycles. The van der Waals surface area contributed by atoms with Crippen molar-refractivity contribution >= 4 is 18.1 Å². The second kappa shape index (κ2) is 11.0. The summed E-state index contributed by atoms with van der Waals surface area (Å²) < 4.78 is 10.4. The van der Waals surface area contributed by atoms with Crippen LogP contribution in [0.15, 0.2) is 60.7 Å². The van der Waals surface area contributed by atoms with Gasteiger partial charge in [-0.15, -0.1) is 0 Å². The molecule has 2 rings (SSSR count). The number of nitrogens with zero attached hydrogens (tertiary/aromatic N) is 1. The normalized spacial score (nSPS) is 11.7. The Morgan fingerprint density at radius 1 is 0.903 bits per heavy atom. The van der Waals surface area contributed by atoms with Crippen molar-refractivity contribution in [2.24, 2.45) is 0 Å². The number of benzene rings is 2. The standard InChI is InChI=1S/C23H29N3O5/c1-17(24-21(28)30-16-19-13-9-6-10-14-19)20(27)26(15-18-11-7-5-8-12-18)25-22(29)31-23(2,3)4/h5-14,17H,15-16H2,1-4H3,(H,24,28)(H,25,29). The zero-order valence-corrected chi connectivity index (χ0v) is 18.3. The second-order valence-electron chi connectivity index (χ2n) is 7.95. The van der Waals surface area contributed by atoms with Gasteiger partial charge in [0.15, 0.2) is 0 Å². The number of alkyl carbamates (subject to hydrolysis) is 1. The highest BCUT2D eigenvalue weighted by molar-refractivity contribution is 5.86. The molecule has 2 N–H and O–H groups in total. The minimum atomic E-state index is -0.943. The molecular formula is C23H29N3O5. The summed E-state index contributed by atoms with van der Waals surface area (Å²) in [5, 5.41) is 3.61. The zero-order chi connectivity index (χ0) is 22.9. The summed E-state index contributed by atoms with van der Waals surface area (Å²) in [4.78, 5) is 37.3. The van der Waals surface area contributed by atoms with Crippen molar-refractivity contribution < 1.29 is 23.9 Å². The molecule has 0 aliphatic heterocycles. The van der Waals surface area contributed by atoms with E-state index in [0.29, 0.717) is 0 Å². The third-order valence-corrected chi connectivity index (χ3v) is 3.99. The van der Waals surface area contributed by atoms with Crippen LogP contribution in [0.1, 0.15) is 38.8 Å². The van der Waals surface area contributed by atoms with Gasteiger partial charge in [-0.2, -0.15) is 0 Å². The Bertz CT molecular complexity index is 866. The van der Waals surface area contributed by atoms with Gasteiger partial charge in [0.05, 0.1) is 6.54 Å². The summed E-state index contributed by atoms with van der Waals surface area (Å²) in [6.07, 6.45) is -1.50. The third-order valence-electron chi connectivity index (χ3n) is 3.99. The van der Waals surface area contributed by atoms with Crippen molar-refractivity contribution in [2.45, 2.75) is 52.5 Å². The number of nitrogens with one attached hydrogen (secondary N) is 2. The molecule has 8 nitrogen and oxygen atoms in total. The molecule has 1 atom stereocenters. The monoisotopic (exact) mass is 427 g/mol. The summed E-state index contributed by atoms with van der Waals surface area (Å²) in [5.41, 5.74) is 3.36. The average Bonchev–Trinajstić information content (AvgIpc) is 2.71. The van der Waals surface area contributed by atoms with Gasteiger partial charge in [0.25, 0.3) is 5.91 Å². The molecule has 8 heteroatoms. The molecule has 0 aliphatic carbocycles. The van der Waals surface area contributed by atoms with E-state index >= 15 is 0 Å². The molecule has 2 aromatic rings. The summed E-state index contributed by atoms with van der Waals surface area (Å²) in [6, 6.07) is 17.4. The Morgan fingerprint density at radius 2 is 1.45 bits per heavy atom. The second-order valence-corrected chi connectivity index (χ2v) is 7.95. The van der Waals surface area contributed by atoms with E-state index in [-0.39, 0.29) is 13.2 Å². The van der Waals surface area contributed by atoms with E-state index in [1.807, 2.05) is 60.7 Å². The van der Waals surface area contributed by atoms with Gasteiger partial charge in [-0.25, -0.2) is 20.0 Å². The molecule has 0 heterocycles. The maximum atomic E-state index is 12.9. The molecule has 0 aromatic heterocycles. The van der Waals surface area contributed by atoms with E-state index in [1.165, 1.54) is 6.92 Å². The number of ether oxygens (including phenoxy) is 2. The third kappa shape index (κ3) is 8.77. The van der Waals surface area contributed by atoms with E-state index in [1.54, 1.807) is 20.8 Å². The lowest BCUT2D eigenvalue weighted by Crippen LogP contribution is -2.54. The number of hydrogen-bond donors (Lipinski definition) is 2. The number of carbonyl (C=O) groups excluding carboxylic acids is 3. The maximum Gasteiger partial charge on any atom is 0.426 e. The van der Waals surface area contributed by atoms with Crippen molar-refractivity contribution in [3.8, 4) is 0 Å². The Kier molecular flexibility index (Phi) is 8.43. The highest BCUT2D eigenvalue weighted by atomic mass is 16.6. The first-order chi connectivity index (χ1) is 14.6. The highest BCUT2D eigenvalue weighted by Crippen LogP contribution is 2.09. The molecule has 0 saturated carbocycles. The molecule has 3 amide bonds. The first-order valence-electron chi connectivity index (χ1n) is 9.96. The van der Waals surface area contributed by atoms with Crippen LogP contribution in [0.2, 0.25) is 0 Å². The van der Waals surface area contributed by atoms with Crippen LogP contribution in [0.5, 0.6) is 0 Å². The molecule has 166 valence electrons. The molecule has 0 aliphatic rings. The zero-order valence-electron chi connectivity index (χ0n) is 18.3. The Morgan fingerprint density at radius 3 is 2.00 bits per heavy atom.